The SMILES string of the molecule is COC(=O)c1ccc(Cl)c(S(=O)(=O)N(CC(C)O)c2ccccc2)c1. The Hall–Kier alpha value is -2.09. The third kappa shape index (κ3) is 4.31. The Morgan fingerprint density at radius 3 is 2.44 bits per heavy atom. The Kier molecular flexibility index (Phi) is 6.05. The molecule has 8 heteroatoms. The highest BCUT2D eigenvalue weighted by atomic mass is 35.5. The summed E-state index contributed by atoms with van der Waals surface area (Å²) in [6.45, 7) is 1.32. The van der Waals surface area contributed by atoms with Crippen LogP contribution in [0.1, 0.15) is 17.3 Å². The van der Waals surface area contributed by atoms with Crippen molar-refractivity contribution in [3.63, 3.8) is 0 Å². The predicted molar refractivity (Wildman–Crippen MR) is 95.4 cm³/mol. The fourth-order valence-electron chi connectivity index (χ4n) is 2.24. The highest BCUT2D eigenvalue weighted by Gasteiger charge is 2.29. The van der Waals surface area contributed by atoms with Gasteiger partial charge in [-0.1, -0.05) is 29.8 Å². The van der Waals surface area contributed by atoms with Crippen LogP contribution in [0.5, 0.6) is 0 Å². The molecule has 2 aromatic rings. The second-order valence-corrected chi connectivity index (χ2v) is 7.60. The molecule has 0 bridgehead atoms. The summed E-state index contributed by atoms with van der Waals surface area (Å²) >= 11 is 6.08. The number of methoxy groups -OCH3 is 1. The van der Waals surface area contributed by atoms with Crippen molar-refractivity contribution in [3.8, 4) is 0 Å². The van der Waals surface area contributed by atoms with Gasteiger partial charge in [-0.3, -0.25) is 4.31 Å². The van der Waals surface area contributed by atoms with Gasteiger partial charge in [0.25, 0.3) is 10.0 Å². The Morgan fingerprint density at radius 2 is 1.88 bits per heavy atom. The number of carbonyl (C=O) groups is 1. The molecule has 2 rings (SSSR count). The first-order valence-electron chi connectivity index (χ1n) is 7.41. The van der Waals surface area contributed by atoms with Crippen molar-refractivity contribution in [1.29, 1.82) is 0 Å². The van der Waals surface area contributed by atoms with E-state index in [0.717, 1.165) is 4.31 Å². The largest absolute Gasteiger partial charge is 0.465 e. The van der Waals surface area contributed by atoms with E-state index in [4.69, 9.17) is 11.6 Å². The van der Waals surface area contributed by atoms with E-state index in [-0.39, 0.29) is 22.0 Å². The highest BCUT2D eigenvalue weighted by molar-refractivity contribution is 7.93. The normalized spacial score (nSPS) is 12.5. The fourth-order valence-corrected chi connectivity index (χ4v) is 4.29. The Morgan fingerprint density at radius 1 is 1.24 bits per heavy atom. The minimum atomic E-state index is -4.11. The molecular weight excluding hydrogens is 366 g/mol. The number of para-hydroxylation sites is 1. The van der Waals surface area contributed by atoms with Gasteiger partial charge in [-0.05, 0) is 37.3 Å². The van der Waals surface area contributed by atoms with E-state index in [1.807, 2.05) is 0 Å². The lowest BCUT2D eigenvalue weighted by Crippen LogP contribution is -2.36. The third-order valence-electron chi connectivity index (χ3n) is 3.39. The van der Waals surface area contributed by atoms with Crippen LogP contribution in [0.4, 0.5) is 5.69 Å². The summed E-state index contributed by atoms with van der Waals surface area (Å²) in [4.78, 5) is 11.5. The van der Waals surface area contributed by atoms with E-state index >= 15 is 0 Å². The number of hydrogen-bond donors (Lipinski definition) is 1. The topological polar surface area (TPSA) is 83.9 Å². The molecule has 1 atom stereocenters. The summed E-state index contributed by atoms with van der Waals surface area (Å²) in [7, 11) is -2.91. The summed E-state index contributed by atoms with van der Waals surface area (Å²) in [5.41, 5.74) is 0.443. The molecule has 0 aliphatic rings. The zero-order chi connectivity index (χ0) is 18.6. The molecule has 0 saturated carbocycles. The Labute approximate surface area is 151 Å². The van der Waals surface area contributed by atoms with Gasteiger partial charge in [0.15, 0.2) is 0 Å². The van der Waals surface area contributed by atoms with Crippen molar-refractivity contribution in [2.75, 3.05) is 18.0 Å². The number of esters is 1. The number of halogens is 1. The maximum absolute atomic E-state index is 13.1. The molecular formula is C17H18ClNO5S. The lowest BCUT2D eigenvalue weighted by Gasteiger charge is -2.26. The van der Waals surface area contributed by atoms with E-state index < -0.39 is 22.1 Å². The van der Waals surface area contributed by atoms with Gasteiger partial charge in [0.1, 0.15) is 4.90 Å². The number of nitrogens with zero attached hydrogens (tertiary/aromatic N) is 1. The molecule has 0 spiro atoms. The monoisotopic (exact) mass is 383 g/mol. The molecule has 1 N–H and O–H groups in total. The van der Waals surface area contributed by atoms with Crippen LogP contribution in [0.3, 0.4) is 0 Å². The number of aliphatic hydroxyl groups is 1. The van der Waals surface area contributed by atoms with Gasteiger partial charge >= 0.3 is 5.97 Å². The molecule has 6 nitrogen and oxygen atoms in total. The predicted octanol–water partition coefficient (Wildman–Crippen LogP) is 2.70. The van der Waals surface area contributed by atoms with E-state index in [0.29, 0.717) is 5.69 Å². The third-order valence-corrected chi connectivity index (χ3v) is 5.67. The average Bonchev–Trinajstić information content (AvgIpc) is 2.59. The molecule has 0 aromatic heterocycles. The number of sulfonamides is 1. The number of aliphatic hydroxyl groups excluding tert-OH is 1. The first-order chi connectivity index (χ1) is 11.8. The molecule has 0 amide bonds. The lowest BCUT2D eigenvalue weighted by atomic mass is 10.2. The van der Waals surface area contributed by atoms with Crippen LogP contribution in [0.25, 0.3) is 0 Å². The number of rotatable bonds is 6. The minimum absolute atomic E-state index is 0.0285. The number of hydrogen-bond acceptors (Lipinski definition) is 5. The first-order valence-corrected chi connectivity index (χ1v) is 9.23. The minimum Gasteiger partial charge on any atom is -0.465 e. The molecule has 2 aromatic carbocycles. The van der Waals surface area contributed by atoms with Gasteiger partial charge in [-0.25, -0.2) is 13.2 Å². The number of benzene rings is 2. The standard InChI is InChI=1S/C17H18ClNO5S/c1-12(20)11-19(14-6-4-3-5-7-14)25(22,23)16-10-13(17(21)24-2)8-9-15(16)18/h3-10,12,20H,11H2,1-2H3. The van der Waals surface area contributed by atoms with Crippen LogP contribution in [0, 0.1) is 0 Å². The van der Waals surface area contributed by atoms with Crippen molar-refractivity contribution >= 4 is 33.3 Å². The lowest BCUT2D eigenvalue weighted by molar-refractivity contribution is 0.0600. The molecule has 0 heterocycles. The molecule has 0 fully saturated rings. The molecule has 0 saturated heterocycles. The van der Waals surface area contributed by atoms with Crippen molar-refractivity contribution in [1.82, 2.24) is 0 Å². The van der Waals surface area contributed by atoms with Crippen LogP contribution in [-0.4, -0.2) is 39.3 Å². The van der Waals surface area contributed by atoms with E-state index in [1.54, 1.807) is 30.3 Å². The number of carbonyl (C=O) groups excluding carboxylic acids is 1. The average molecular weight is 384 g/mol. The zero-order valence-corrected chi connectivity index (χ0v) is 15.3. The maximum Gasteiger partial charge on any atom is 0.337 e. The molecule has 0 aliphatic carbocycles. The van der Waals surface area contributed by atoms with Gasteiger partial charge in [0.2, 0.25) is 0 Å². The van der Waals surface area contributed by atoms with Crippen molar-refractivity contribution in [2.45, 2.75) is 17.9 Å². The highest BCUT2D eigenvalue weighted by Crippen LogP contribution is 2.29. The van der Waals surface area contributed by atoms with Gasteiger partial charge in [-0.2, -0.15) is 0 Å². The van der Waals surface area contributed by atoms with Crippen molar-refractivity contribution in [3.05, 3.63) is 59.1 Å². The summed E-state index contributed by atoms with van der Waals surface area (Å²) in [5, 5.41) is 9.70. The molecule has 0 aliphatic heterocycles. The van der Waals surface area contributed by atoms with E-state index in [9.17, 15) is 18.3 Å². The molecule has 1 unspecified atom stereocenters. The van der Waals surface area contributed by atoms with Gasteiger partial charge in [0.05, 0.1) is 36.0 Å². The van der Waals surface area contributed by atoms with Crippen molar-refractivity contribution < 1.29 is 23.1 Å². The Balaban J connectivity index is 2.59. The van der Waals surface area contributed by atoms with Crippen LogP contribution in [-0.2, 0) is 14.8 Å². The molecule has 25 heavy (non-hydrogen) atoms. The Bertz CT molecular complexity index is 853. The molecule has 134 valence electrons. The van der Waals surface area contributed by atoms with Gasteiger partial charge in [0, 0.05) is 0 Å². The van der Waals surface area contributed by atoms with Crippen LogP contribution in [0.15, 0.2) is 53.4 Å². The second kappa shape index (κ2) is 7.86. The zero-order valence-electron chi connectivity index (χ0n) is 13.7. The maximum atomic E-state index is 13.1. The van der Waals surface area contributed by atoms with E-state index in [1.165, 1.54) is 32.2 Å². The van der Waals surface area contributed by atoms with Crippen molar-refractivity contribution in [2.24, 2.45) is 0 Å². The smallest absolute Gasteiger partial charge is 0.337 e. The quantitative estimate of drug-likeness (QED) is 0.775. The summed E-state index contributed by atoms with van der Waals surface area (Å²) in [6.07, 6.45) is -0.905. The van der Waals surface area contributed by atoms with Crippen LogP contribution >= 0.6 is 11.6 Å². The summed E-state index contributed by atoms with van der Waals surface area (Å²) in [5.74, 6) is -0.671. The summed E-state index contributed by atoms with van der Waals surface area (Å²) in [6, 6.07) is 12.2. The number of anilines is 1. The van der Waals surface area contributed by atoms with E-state index in [2.05, 4.69) is 4.74 Å². The first kappa shape index (κ1) is 19.2. The second-order valence-electron chi connectivity index (χ2n) is 5.36. The molecule has 0 radical (unpaired) electrons. The number of ether oxygens (including phenoxy) is 1. The fraction of sp³-hybridized carbons (Fsp3) is 0.235. The summed E-state index contributed by atoms with van der Waals surface area (Å²) < 4.78 is 31.9. The van der Waals surface area contributed by atoms with Crippen LogP contribution in [0.2, 0.25) is 5.02 Å². The van der Waals surface area contributed by atoms with Crippen LogP contribution < -0.4 is 4.31 Å². The van der Waals surface area contributed by atoms with Gasteiger partial charge in [-0.15, -0.1) is 0 Å². The van der Waals surface area contributed by atoms with Gasteiger partial charge < -0.3 is 9.84 Å².